The molecule has 0 aliphatic carbocycles. The van der Waals surface area contributed by atoms with Gasteiger partial charge in [-0.15, -0.1) is 0 Å². The number of nitrogens with zero attached hydrogens (tertiary/aromatic N) is 2. The molecule has 2 aromatic rings. The minimum absolute atomic E-state index is 0.539. The molecule has 0 saturated carbocycles. The van der Waals surface area contributed by atoms with E-state index in [9.17, 15) is 0 Å². The van der Waals surface area contributed by atoms with Gasteiger partial charge < -0.3 is 5.73 Å². The fourth-order valence-corrected chi connectivity index (χ4v) is 1.74. The van der Waals surface area contributed by atoms with Crippen LogP contribution < -0.4 is 5.73 Å². The molecule has 0 amide bonds. The molecule has 1 aromatic heterocycles. The van der Waals surface area contributed by atoms with Gasteiger partial charge in [-0.2, -0.15) is 0 Å². The van der Waals surface area contributed by atoms with Gasteiger partial charge in [0.1, 0.15) is 0 Å². The largest absolute Gasteiger partial charge is 0.396 e. The second kappa shape index (κ2) is 4.16. The van der Waals surface area contributed by atoms with Gasteiger partial charge in [0.15, 0.2) is 5.82 Å². The summed E-state index contributed by atoms with van der Waals surface area (Å²) in [5.74, 6) is 0.596. The maximum Gasteiger partial charge on any atom is 0.160 e. The summed E-state index contributed by atoms with van der Waals surface area (Å²) in [6.45, 7) is 0. The van der Waals surface area contributed by atoms with Gasteiger partial charge in [0.25, 0.3) is 0 Å². The van der Waals surface area contributed by atoms with E-state index < -0.39 is 0 Å². The van der Waals surface area contributed by atoms with Crippen molar-refractivity contribution in [3.05, 3.63) is 40.1 Å². The average molecular weight is 285 g/mol. The number of rotatable bonds is 1. The van der Waals surface area contributed by atoms with Crippen molar-refractivity contribution in [2.75, 3.05) is 5.73 Å². The Balaban J connectivity index is 2.53. The number of hydrogen-bond acceptors (Lipinski definition) is 3. The van der Waals surface area contributed by atoms with Gasteiger partial charge in [0.05, 0.1) is 18.1 Å². The van der Waals surface area contributed by atoms with E-state index in [0.717, 1.165) is 10.0 Å². The molecule has 1 aromatic carbocycles. The normalized spacial score (nSPS) is 10.3. The van der Waals surface area contributed by atoms with E-state index >= 15 is 0 Å². The molecule has 0 bridgehead atoms. The number of nitrogen functional groups attached to an aromatic ring is 1. The van der Waals surface area contributed by atoms with E-state index in [4.69, 9.17) is 17.3 Å². The van der Waals surface area contributed by atoms with Crippen LogP contribution in [0.4, 0.5) is 5.69 Å². The molecule has 0 radical (unpaired) electrons. The second-order valence-corrected chi connectivity index (χ2v) is 4.25. The molecule has 0 atom stereocenters. The first-order valence-electron chi connectivity index (χ1n) is 4.20. The van der Waals surface area contributed by atoms with Crippen LogP contribution in [0.25, 0.3) is 11.4 Å². The van der Waals surface area contributed by atoms with Gasteiger partial charge in [0.2, 0.25) is 0 Å². The third-order valence-electron chi connectivity index (χ3n) is 1.84. The average Bonchev–Trinajstić information content (AvgIpc) is 2.23. The van der Waals surface area contributed by atoms with E-state index in [2.05, 4.69) is 25.9 Å². The molecular weight excluding hydrogens is 277 g/mol. The third kappa shape index (κ3) is 2.27. The summed E-state index contributed by atoms with van der Waals surface area (Å²) in [5.41, 5.74) is 6.90. The van der Waals surface area contributed by atoms with Crippen molar-refractivity contribution in [2.45, 2.75) is 0 Å². The molecule has 5 heteroatoms. The number of halogens is 2. The molecule has 0 aliphatic heterocycles. The van der Waals surface area contributed by atoms with Crippen LogP contribution in [-0.2, 0) is 0 Å². The number of hydrogen-bond donors (Lipinski definition) is 1. The Kier molecular flexibility index (Phi) is 2.88. The third-order valence-corrected chi connectivity index (χ3v) is 2.77. The van der Waals surface area contributed by atoms with Crippen LogP contribution in [0, 0.1) is 0 Å². The molecule has 0 saturated heterocycles. The van der Waals surface area contributed by atoms with E-state index in [1.54, 1.807) is 24.5 Å². The van der Waals surface area contributed by atoms with Crippen molar-refractivity contribution in [1.82, 2.24) is 9.97 Å². The summed E-state index contributed by atoms with van der Waals surface area (Å²) >= 11 is 9.31. The molecule has 0 aliphatic rings. The second-order valence-electron chi connectivity index (χ2n) is 2.96. The number of anilines is 1. The van der Waals surface area contributed by atoms with E-state index in [1.807, 2.05) is 6.07 Å². The summed E-state index contributed by atoms with van der Waals surface area (Å²) in [7, 11) is 0. The Labute approximate surface area is 100 Å². The van der Waals surface area contributed by atoms with Crippen molar-refractivity contribution >= 4 is 33.2 Å². The van der Waals surface area contributed by atoms with Crippen LogP contribution in [0.1, 0.15) is 0 Å². The smallest absolute Gasteiger partial charge is 0.160 e. The minimum atomic E-state index is 0.539. The molecule has 3 nitrogen and oxygen atoms in total. The zero-order valence-electron chi connectivity index (χ0n) is 7.61. The first-order chi connectivity index (χ1) is 7.16. The summed E-state index contributed by atoms with van der Waals surface area (Å²) in [5, 5.41) is 0.647. The summed E-state index contributed by atoms with van der Waals surface area (Å²) in [6.07, 6.45) is 3.13. The SMILES string of the molecule is Nc1cnc(-c2cc(Cl)ccc2Br)nc1. The lowest BCUT2D eigenvalue weighted by molar-refractivity contribution is 1.18. The molecule has 15 heavy (non-hydrogen) atoms. The van der Waals surface area contributed by atoms with E-state index in [0.29, 0.717) is 16.5 Å². The lowest BCUT2D eigenvalue weighted by Gasteiger charge is -2.03. The molecular formula is C10H7BrClN3. The highest BCUT2D eigenvalue weighted by Crippen LogP contribution is 2.28. The summed E-state index contributed by atoms with van der Waals surface area (Å²) in [4.78, 5) is 8.25. The molecule has 1 heterocycles. The molecule has 2 rings (SSSR count). The zero-order valence-corrected chi connectivity index (χ0v) is 9.96. The first-order valence-corrected chi connectivity index (χ1v) is 5.37. The lowest BCUT2D eigenvalue weighted by Crippen LogP contribution is -1.92. The van der Waals surface area contributed by atoms with Gasteiger partial charge in [-0.05, 0) is 18.2 Å². The highest BCUT2D eigenvalue weighted by molar-refractivity contribution is 9.10. The van der Waals surface area contributed by atoms with Crippen molar-refractivity contribution < 1.29 is 0 Å². The van der Waals surface area contributed by atoms with Crippen LogP contribution >= 0.6 is 27.5 Å². The zero-order chi connectivity index (χ0) is 10.8. The predicted molar refractivity (Wildman–Crippen MR) is 64.6 cm³/mol. The molecule has 76 valence electrons. The fourth-order valence-electron chi connectivity index (χ4n) is 1.15. The summed E-state index contributed by atoms with van der Waals surface area (Å²) in [6, 6.07) is 5.46. The van der Waals surface area contributed by atoms with Crippen LogP contribution in [0.3, 0.4) is 0 Å². The monoisotopic (exact) mass is 283 g/mol. The van der Waals surface area contributed by atoms with Crippen LogP contribution in [0.15, 0.2) is 35.1 Å². The Hall–Kier alpha value is -1.13. The van der Waals surface area contributed by atoms with Gasteiger partial charge >= 0.3 is 0 Å². The topological polar surface area (TPSA) is 51.8 Å². The standard InChI is InChI=1S/C10H7BrClN3/c11-9-2-1-6(12)3-8(9)10-14-4-7(13)5-15-10/h1-5H,13H2. The van der Waals surface area contributed by atoms with E-state index in [-0.39, 0.29) is 0 Å². The van der Waals surface area contributed by atoms with Gasteiger partial charge in [0, 0.05) is 15.1 Å². The molecule has 0 unspecified atom stereocenters. The van der Waals surface area contributed by atoms with Crippen LogP contribution in [0.2, 0.25) is 5.02 Å². The number of benzene rings is 1. The van der Waals surface area contributed by atoms with Gasteiger partial charge in [-0.3, -0.25) is 0 Å². The van der Waals surface area contributed by atoms with Crippen molar-refractivity contribution in [3.8, 4) is 11.4 Å². The first kappa shape index (κ1) is 10.4. The molecule has 2 N–H and O–H groups in total. The van der Waals surface area contributed by atoms with E-state index in [1.165, 1.54) is 0 Å². The maximum absolute atomic E-state index is 5.90. The maximum atomic E-state index is 5.90. The van der Waals surface area contributed by atoms with Crippen LogP contribution in [0.5, 0.6) is 0 Å². The Morgan fingerprint density at radius 2 is 1.87 bits per heavy atom. The number of nitrogens with two attached hydrogens (primary N) is 1. The quantitative estimate of drug-likeness (QED) is 0.875. The van der Waals surface area contributed by atoms with Crippen LogP contribution in [-0.4, -0.2) is 9.97 Å². The van der Waals surface area contributed by atoms with Gasteiger partial charge in [-0.25, -0.2) is 9.97 Å². The highest BCUT2D eigenvalue weighted by atomic mass is 79.9. The minimum Gasteiger partial charge on any atom is -0.396 e. The Morgan fingerprint density at radius 3 is 2.53 bits per heavy atom. The van der Waals surface area contributed by atoms with Crippen molar-refractivity contribution in [2.24, 2.45) is 0 Å². The lowest BCUT2D eigenvalue weighted by atomic mass is 10.2. The predicted octanol–water partition coefficient (Wildman–Crippen LogP) is 3.14. The number of aromatic nitrogens is 2. The highest BCUT2D eigenvalue weighted by Gasteiger charge is 2.06. The summed E-state index contributed by atoms with van der Waals surface area (Å²) < 4.78 is 0.900. The Morgan fingerprint density at radius 1 is 1.20 bits per heavy atom. The molecule has 0 fully saturated rings. The van der Waals surface area contributed by atoms with Crippen molar-refractivity contribution in [1.29, 1.82) is 0 Å². The molecule has 0 spiro atoms. The van der Waals surface area contributed by atoms with Crippen molar-refractivity contribution in [3.63, 3.8) is 0 Å². The Bertz CT molecular complexity index is 485. The van der Waals surface area contributed by atoms with Gasteiger partial charge in [-0.1, -0.05) is 27.5 Å². The fraction of sp³-hybridized carbons (Fsp3) is 0.